The quantitative estimate of drug-likeness (QED) is 0.915. The molecule has 0 aliphatic heterocycles. The van der Waals surface area contributed by atoms with E-state index < -0.39 is 11.9 Å². The van der Waals surface area contributed by atoms with Crippen LogP contribution in [-0.4, -0.2) is 35.5 Å². The smallest absolute Gasteiger partial charge is 0.308 e. The molecule has 0 bridgehead atoms. The lowest BCUT2D eigenvalue weighted by Gasteiger charge is -2.18. The Morgan fingerprint density at radius 1 is 1.43 bits per heavy atom. The lowest BCUT2D eigenvalue weighted by atomic mass is 10.1. The predicted molar refractivity (Wildman–Crippen MR) is 82.4 cm³/mol. The minimum absolute atomic E-state index is 0.133. The summed E-state index contributed by atoms with van der Waals surface area (Å²) in [6.07, 6.45) is 0. The third kappa shape index (κ3) is 3.10. The Kier molecular flexibility index (Phi) is 4.37. The van der Waals surface area contributed by atoms with Crippen LogP contribution in [-0.2, 0) is 4.79 Å². The largest absolute Gasteiger partial charge is 0.481 e. The fourth-order valence-corrected chi connectivity index (χ4v) is 2.50. The van der Waals surface area contributed by atoms with Gasteiger partial charge in [0.25, 0.3) is 5.91 Å². The SMILES string of the molecule is Cc1c(C(=O)N(C)CC(C)C(=O)O)oc2ccc(Br)cc12. The van der Waals surface area contributed by atoms with Gasteiger partial charge in [-0.05, 0) is 25.1 Å². The van der Waals surface area contributed by atoms with Crippen LogP contribution in [0.25, 0.3) is 11.0 Å². The number of benzene rings is 1. The number of aryl methyl sites for hydroxylation is 1. The number of nitrogens with zero attached hydrogens (tertiary/aromatic N) is 1. The van der Waals surface area contributed by atoms with E-state index >= 15 is 0 Å². The molecule has 0 fully saturated rings. The summed E-state index contributed by atoms with van der Waals surface area (Å²) in [6.45, 7) is 3.52. The van der Waals surface area contributed by atoms with Gasteiger partial charge in [0.2, 0.25) is 0 Å². The number of carbonyl (C=O) groups excluding carboxylic acids is 1. The van der Waals surface area contributed by atoms with E-state index in [0.29, 0.717) is 5.58 Å². The number of hydrogen-bond acceptors (Lipinski definition) is 3. The summed E-state index contributed by atoms with van der Waals surface area (Å²) in [4.78, 5) is 24.7. The highest BCUT2D eigenvalue weighted by molar-refractivity contribution is 9.10. The van der Waals surface area contributed by atoms with Crippen LogP contribution in [0.5, 0.6) is 0 Å². The van der Waals surface area contributed by atoms with Crippen molar-refractivity contribution in [1.82, 2.24) is 4.90 Å². The molecule has 2 rings (SSSR count). The summed E-state index contributed by atoms with van der Waals surface area (Å²) >= 11 is 3.39. The van der Waals surface area contributed by atoms with Gasteiger partial charge in [-0.15, -0.1) is 0 Å². The molecular weight excluding hydrogens is 338 g/mol. The summed E-state index contributed by atoms with van der Waals surface area (Å²) < 4.78 is 6.53. The van der Waals surface area contributed by atoms with Crippen molar-refractivity contribution in [3.63, 3.8) is 0 Å². The summed E-state index contributed by atoms with van der Waals surface area (Å²) in [5.41, 5.74) is 1.39. The number of fused-ring (bicyclic) bond motifs is 1. The van der Waals surface area contributed by atoms with Gasteiger partial charge in [-0.1, -0.05) is 22.9 Å². The molecule has 1 heterocycles. The van der Waals surface area contributed by atoms with E-state index in [0.717, 1.165) is 15.4 Å². The van der Waals surface area contributed by atoms with Crippen molar-refractivity contribution >= 4 is 38.8 Å². The topological polar surface area (TPSA) is 70.8 Å². The number of hydrogen-bond donors (Lipinski definition) is 1. The second kappa shape index (κ2) is 5.89. The summed E-state index contributed by atoms with van der Waals surface area (Å²) in [7, 11) is 1.57. The number of amides is 1. The van der Waals surface area contributed by atoms with E-state index in [1.807, 2.05) is 19.1 Å². The Bertz CT molecular complexity index is 707. The van der Waals surface area contributed by atoms with Gasteiger partial charge in [0, 0.05) is 29.0 Å². The number of aliphatic carboxylic acids is 1. The predicted octanol–water partition coefficient (Wildman–Crippen LogP) is 3.30. The van der Waals surface area contributed by atoms with Crippen molar-refractivity contribution in [2.45, 2.75) is 13.8 Å². The first-order chi connectivity index (χ1) is 9.81. The fraction of sp³-hybridized carbons (Fsp3) is 0.333. The van der Waals surface area contributed by atoms with Gasteiger partial charge in [0.15, 0.2) is 5.76 Å². The molecule has 1 aromatic carbocycles. The highest BCUT2D eigenvalue weighted by Gasteiger charge is 2.23. The molecule has 0 spiro atoms. The van der Waals surface area contributed by atoms with E-state index in [1.165, 1.54) is 4.90 Å². The third-order valence-corrected chi connectivity index (χ3v) is 3.90. The monoisotopic (exact) mass is 353 g/mol. The van der Waals surface area contributed by atoms with E-state index in [1.54, 1.807) is 20.0 Å². The van der Waals surface area contributed by atoms with Crippen molar-refractivity contribution < 1.29 is 19.1 Å². The summed E-state index contributed by atoms with van der Waals surface area (Å²) in [6, 6.07) is 5.53. The highest BCUT2D eigenvalue weighted by atomic mass is 79.9. The second-order valence-corrected chi connectivity index (χ2v) is 6.04. The molecule has 0 saturated carbocycles. The number of carboxylic acid groups (broad SMARTS) is 1. The van der Waals surface area contributed by atoms with Gasteiger partial charge in [0.05, 0.1) is 5.92 Å². The maximum atomic E-state index is 12.4. The number of carboxylic acids is 1. The van der Waals surface area contributed by atoms with Crippen LogP contribution in [0.15, 0.2) is 27.1 Å². The van der Waals surface area contributed by atoms with Gasteiger partial charge < -0.3 is 14.4 Å². The first kappa shape index (κ1) is 15.6. The zero-order chi connectivity index (χ0) is 15.7. The van der Waals surface area contributed by atoms with Crippen LogP contribution < -0.4 is 0 Å². The Morgan fingerprint density at radius 2 is 2.10 bits per heavy atom. The van der Waals surface area contributed by atoms with Gasteiger partial charge >= 0.3 is 5.97 Å². The summed E-state index contributed by atoms with van der Waals surface area (Å²) in [5, 5.41) is 9.78. The first-order valence-corrected chi connectivity index (χ1v) is 7.27. The molecule has 21 heavy (non-hydrogen) atoms. The Balaban J connectivity index is 2.31. The zero-order valence-corrected chi connectivity index (χ0v) is 13.6. The highest BCUT2D eigenvalue weighted by Crippen LogP contribution is 2.28. The number of carbonyl (C=O) groups is 2. The van der Waals surface area contributed by atoms with Gasteiger partial charge in [0.1, 0.15) is 5.58 Å². The molecule has 1 amide bonds. The van der Waals surface area contributed by atoms with Crippen LogP contribution in [0.2, 0.25) is 0 Å². The Labute approximate surface area is 130 Å². The molecule has 1 N–H and O–H groups in total. The van der Waals surface area contributed by atoms with Gasteiger partial charge in [-0.25, -0.2) is 0 Å². The van der Waals surface area contributed by atoms with Crippen molar-refractivity contribution in [3.05, 3.63) is 34.0 Å². The molecule has 1 aromatic heterocycles. The molecule has 0 radical (unpaired) electrons. The van der Waals surface area contributed by atoms with E-state index in [4.69, 9.17) is 9.52 Å². The Morgan fingerprint density at radius 3 is 2.71 bits per heavy atom. The van der Waals surface area contributed by atoms with Crippen molar-refractivity contribution in [2.24, 2.45) is 5.92 Å². The minimum Gasteiger partial charge on any atom is -0.481 e. The maximum Gasteiger partial charge on any atom is 0.308 e. The van der Waals surface area contributed by atoms with Crippen LogP contribution in [0, 0.1) is 12.8 Å². The number of furan rings is 1. The number of halogens is 1. The first-order valence-electron chi connectivity index (χ1n) is 6.48. The Hall–Kier alpha value is -1.82. The fourth-order valence-electron chi connectivity index (χ4n) is 2.14. The molecule has 2 aromatic rings. The van der Waals surface area contributed by atoms with Crippen molar-refractivity contribution in [2.75, 3.05) is 13.6 Å². The van der Waals surface area contributed by atoms with Crippen LogP contribution in [0.4, 0.5) is 0 Å². The lowest BCUT2D eigenvalue weighted by molar-refractivity contribution is -0.141. The van der Waals surface area contributed by atoms with Crippen LogP contribution in [0.1, 0.15) is 23.0 Å². The normalized spacial score (nSPS) is 12.4. The van der Waals surface area contributed by atoms with Crippen molar-refractivity contribution in [3.8, 4) is 0 Å². The van der Waals surface area contributed by atoms with E-state index in [2.05, 4.69) is 15.9 Å². The minimum atomic E-state index is -0.931. The van der Waals surface area contributed by atoms with Crippen LogP contribution in [0.3, 0.4) is 0 Å². The van der Waals surface area contributed by atoms with Crippen LogP contribution >= 0.6 is 15.9 Å². The van der Waals surface area contributed by atoms with E-state index in [-0.39, 0.29) is 18.2 Å². The molecule has 0 aliphatic rings. The van der Waals surface area contributed by atoms with Gasteiger partial charge in [-0.3, -0.25) is 9.59 Å². The molecular formula is C15H16BrNO4. The number of rotatable bonds is 4. The zero-order valence-electron chi connectivity index (χ0n) is 12.0. The molecule has 112 valence electrons. The van der Waals surface area contributed by atoms with Crippen molar-refractivity contribution in [1.29, 1.82) is 0 Å². The molecule has 0 saturated heterocycles. The van der Waals surface area contributed by atoms with Gasteiger partial charge in [-0.2, -0.15) is 0 Å². The molecule has 0 aliphatic carbocycles. The standard InChI is InChI=1S/C15H16BrNO4/c1-8(15(19)20)7-17(3)14(18)13-9(2)11-6-10(16)4-5-12(11)21-13/h4-6,8H,7H2,1-3H3,(H,19,20). The maximum absolute atomic E-state index is 12.4. The lowest BCUT2D eigenvalue weighted by Crippen LogP contribution is -2.33. The van der Waals surface area contributed by atoms with E-state index in [9.17, 15) is 9.59 Å². The molecule has 6 heteroatoms. The molecule has 5 nitrogen and oxygen atoms in total. The molecule has 1 atom stereocenters. The summed E-state index contributed by atoms with van der Waals surface area (Å²) in [5.74, 6) is -1.62. The average molecular weight is 354 g/mol. The third-order valence-electron chi connectivity index (χ3n) is 3.41. The molecule has 1 unspecified atom stereocenters. The average Bonchev–Trinajstić information content (AvgIpc) is 2.75. The second-order valence-electron chi connectivity index (χ2n) is 5.12.